The van der Waals surface area contributed by atoms with Crippen molar-refractivity contribution in [2.75, 3.05) is 23.6 Å². The van der Waals surface area contributed by atoms with Gasteiger partial charge < -0.3 is 15.0 Å². The Bertz CT molecular complexity index is 795. The molecule has 0 aromatic heterocycles. The second-order valence-corrected chi connectivity index (χ2v) is 7.27. The number of ether oxygens (including phenoxy) is 1. The van der Waals surface area contributed by atoms with E-state index in [0.717, 1.165) is 11.3 Å². The van der Waals surface area contributed by atoms with Crippen molar-refractivity contribution in [1.82, 2.24) is 4.90 Å². The van der Waals surface area contributed by atoms with Crippen LogP contribution < -0.4 is 10.1 Å². The Morgan fingerprint density at radius 3 is 2.65 bits per heavy atom. The van der Waals surface area contributed by atoms with Crippen molar-refractivity contribution in [1.29, 1.82) is 0 Å². The Morgan fingerprint density at radius 2 is 1.92 bits per heavy atom. The maximum atomic E-state index is 12.6. The van der Waals surface area contributed by atoms with Crippen molar-refractivity contribution >= 4 is 29.3 Å². The molecule has 2 aromatic carbocycles. The minimum Gasteiger partial charge on any atom is -0.484 e. The van der Waals surface area contributed by atoms with Gasteiger partial charge in [0.1, 0.15) is 11.8 Å². The van der Waals surface area contributed by atoms with E-state index < -0.39 is 6.04 Å². The van der Waals surface area contributed by atoms with Gasteiger partial charge in [-0.15, -0.1) is 11.8 Å². The van der Waals surface area contributed by atoms with Gasteiger partial charge in [-0.25, -0.2) is 0 Å². The second-order valence-electron chi connectivity index (χ2n) is 6.27. The Labute approximate surface area is 157 Å². The molecule has 26 heavy (non-hydrogen) atoms. The number of para-hydroxylation sites is 1. The van der Waals surface area contributed by atoms with Gasteiger partial charge in [-0.1, -0.05) is 24.3 Å². The van der Waals surface area contributed by atoms with Gasteiger partial charge in [0.2, 0.25) is 5.91 Å². The molecule has 5 nitrogen and oxygen atoms in total. The number of carbonyl (C=O) groups excluding carboxylic acids is 2. The highest BCUT2D eigenvalue weighted by Gasteiger charge is 2.34. The molecule has 2 amide bonds. The number of nitrogens with one attached hydrogen (secondary N) is 1. The van der Waals surface area contributed by atoms with Gasteiger partial charge in [0.05, 0.1) is 5.88 Å². The molecule has 1 atom stereocenters. The fraction of sp³-hybridized carbons (Fsp3) is 0.300. The molecule has 1 heterocycles. The second kappa shape index (κ2) is 8.27. The van der Waals surface area contributed by atoms with Gasteiger partial charge in [0.25, 0.3) is 5.91 Å². The number of nitrogens with zero attached hydrogens (tertiary/aromatic N) is 1. The standard InChI is InChI=1S/C20H22N2O3S/c1-14-8-9-16(10-15(14)2)21-20(24)18-12-26-13-22(18)19(23)11-25-17-6-4-3-5-7-17/h3-10,18H,11-13H2,1-2H3,(H,21,24). The number of aryl methyl sites for hydroxylation is 2. The number of hydrogen-bond donors (Lipinski definition) is 1. The topological polar surface area (TPSA) is 58.6 Å². The van der Waals surface area contributed by atoms with E-state index in [-0.39, 0.29) is 18.4 Å². The van der Waals surface area contributed by atoms with Crippen molar-refractivity contribution in [2.45, 2.75) is 19.9 Å². The van der Waals surface area contributed by atoms with Crippen LogP contribution in [0, 0.1) is 13.8 Å². The van der Waals surface area contributed by atoms with Crippen LogP contribution >= 0.6 is 11.8 Å². The van der Waals surface area contributed by atoms with Crippen LogP contribution in [-0.4, -0.2) is 41.0 Å². The lowest BCUT2D eigenvalue weighted by Gasteiger charge is -2.23. The molecule has 0 radical (unpaired) electrons. The van der Waals surface area contributed by atoms with Crippen LogP contribution in [0.3, 0.4) is 0 Å². The normalized spacial score (nSPS) is 16.4. The Kier molecular flexibility index (Phi) is 5.83. The van der Waals surface area contributed by atoms with Crippen LogP contribution in [0.15, 0.2) is 48.5 Å². The first-order valence-electron chi connectivity index (χ1n) is 8.48. The Balaban J connectivity index is 1.60. The van der Waals surface area contributed by atoms with Crippen molar-refractivity contribution in [3.63, 3.8) is 0 Å². The van der Waals surface area contributed by atoms with Crippen LogP contribution in [0.25, 0.3) is 0 Å². The smallest absolute Gasteiger partial charge is 0.261 e. The molecule has 1 fully saturated rings. The lowest BCUT2D eigenvalue weighted by molar-refractivity contribution is -0.137. The van der Waals surface area contributed by atoms with Crippen molar-refractivity contribution < 1.29 is 14.3 Å². The molecular formula is C20H22N2O3S. The highest BCUT2D eigenvalue weighted by molar-refractivity contribution is 7.99. The summed E-state index contributed by atoms with van der Waals surface area (Å²) in [6.45, 7) is 3.97. The third-order valence-corrected chi connectivity index (χ3v) is 5.40. The van der Waals surface area contributed by atoms with Crippen molar-refractivity contribution in [2.24, 2.45) is 0 Å². The van der Waals surface area contributed by atoms with Gasteiger partial charge in [-0.05, 0) is 49.2 Å². The summed E-state index contributed by atoms with van der Waals surface area (Å²) in [7, 11) is 0. The summed E-state index contributed by atoms with van der Waals surface area (Å²) in [6, 6.07) is 14.5. The number of thioether (sulfide) groups is 1. The minimum absolute atomic E-state index is 0.0714. The van der Waals surface area contributed by atoms with Crippen LogP contribution in [0.4, 0.5) is 5.69 Å². The van der Waals surface area contributed by atoms with E-state index in [1.54, 1.807) is 28.8 Å². The zero-order chi connectivity index (χ0) is 18.5. The number of hydrogen-bond acceptors (Lipinski definition) is 4. The highest BCUT2D eigenvalue weighted by Crippen LogP contribution is 2.23. The lowest BCUT2D eigenvalue weighted by Crippen LogP contribution is -2.46. The summed E-state index contributed by atoms with van der Waals surface area (Å²) in [6.07, 6.45) is 0. The summed E-state index contributed by atoms with van der Waals surface area (Å²) in [5.74, 6) is 1.39. The highest BCUT2D eigenvalue weighted by atomic mass is 32.2. The molecule has 1 aliphatic heterocycles. The van der Waals surface area contributed by atoms with E-state index in [2.05, 4.69) is 5.32 Å². The van der Waals surface area contributed by atoms with Gasteiger partial charge >= 0.3 is 0 Å². The van der Waals surface area contributed by atoms with Gasteiger partial charge in [-0.3, -0.25) is 9.59 Å². The van der Waals surface area contributed by atoms with Crippen molar-refractivity contribution in [3.05, 3.63) is 59.7 Å². The average molecular weight is 370 g/mol. The maximum absolute atomic E-state index is 12.6. The lowest BCUT2D eigenvalue weighted by atomic mass is 10.1. The minimum atomic E-state index is -0.478. The third kappa shape index (κ3) is 4.38. The van der Waals surface area contributed by atoms with Gasteiger partial charge in [0, 0.05) is 11.4 Å². The fourth-order valence-corrected chi connectivity index (χ4v) is 3.88. The number of carbonyl (C=O) groups is 2. The van der Waals surface area contributed by atoms with E-state index in [0.29, 0.717) is 17.4 Å². The summed E-state index contributed by atoms with van der Waals surface area (Å²) in [5, 5.41) is 2.92. The van der Waals surface area contributed by atoms with Crippen LogP contribution in [0.1, 0.15) is 11.1 Å². The third-order valence-electron chi connectivity index (χ3n) is 4.39. The van der Waals surface area contributed by atoms with Crippen LogP contribution in [0.2, 0.25) is 0 Å². The molecule has 136 valence electrons. The molecule has 1 N–H and O–H groups in total. The number of amides is 2. The summed E-state index contributed by atoms with van der Waals surface area (Å²) < 4.78 is 5.52. The maximum Gasteiger partial charge on any atom is 0.261 e. The number of rotatable bonds is 5. The molecule has 2 aromatic rings. The SMILES string of the molecule is Cc1ccc(NC(=O)C2CSCN2C(=O)COc2ccccc2)cc1C. The first kappa shape index (κ1) is 18.3. The summed E-state index contributed by atoms with van der Waals surface area (Å²) >= 11 is 1.57. The molecule has 1 aliphatic rings. The molecule has 3 rings (SSSR count). The first-order valence-corrected chi connectivity index (χ1v) is 9.63. The monoisotopic (exact) mass is 370 g/mol. The Morgan fingerprint density at radius 1 is 1.15 bits per heavy atom. The molecule has 0 saturated carbocycles. The molecule has 0 bridgehead atoms. The predicted molar refractivity (Wildman–Crippen MR) is 104 cm³/mol. The van der Waals surface area contributed by atoms with E-state index in [1.165, 1.54) is 5.56 Å². The molecule has 0 aliphatic carbocycles. The first-order chi connectivity index (χ1) is 12.5. The largest absolute Gasteiger partial charge is 0.484 e. The number of anilines is 1. The molecule has 1 saturated heterocycles. The zero-order valence-electron chi connectivity index (χ0n) is 14.9. The zero-order valence-corrected chi connectivity index (χ0v) is 15.7. The fourth-order valence-electron chi connectivity index (χ4n) is 2.70. The van der Waals surface area contributed by atoms with E-state index in [1.807, 2.05) is 50.2 Å². The van der Waals surface area contributed by atoms with Crippen molar-refractivity contribution in [3.8, 4) is 5.75 Å². The van der Waals surface area contributed by atoms with Crippen LogP contribution in [-0.2, 0) is 9.59 Å². The quantitative estimate of drug-likeness (QED) is 0.878. The molecule has 0 spiro atoms. The molecule has 6 heteroatoms. The Hall–Kier alpha value is -2.47. The number of benzene rings is 2. The van der Waals surface area contributed by atoms with E-state index in [9.17, 15) is 9.59 Å². The van der Waals surface area contributed by atoms with E-state index >= 15 is 0 Å². The molecular weight excluding hydrogens is 348 g/mol. The van der Waals surface area contributed by atoms with Crippen LogP contribution in [0.5, 0.6) is 5.75 Å². The summed E-state index contributed by atoms with van der Waals surface area (Å²) in [4.78, 5) is 26.7. The summed E-state index contributed by atoms with van der Waals surface area (Å²) in [5.41, 5.74) is 3.05. The average Bonchev–Trinajstić information content (AvgIpc) is 3.14. The molecule has 1 unspecified atom stereocenters. The predicted octanol–water partition coefficient (Wildman–Crippen LogP) is 3.22. The van der Waals surface area contributed by atoms with E-state index in [4.69, 9.17) is 4.74 Å². The van der Waals surface area contributed by atoms with Gasteiger partial charge in [0.15, 0.2) is 6.61 Å². The van der Waals surface area contributed by atoms with Gasteiger partial charge in [-0.2, -0.15) is 0 Å².